The summed E-state index contributed by atoms with van der Waals surface area (Å²) in [7, 11) is 0. The van der Waals surface area contributed by atoms with Crippen LogP contribution in [0.3, 0.4) is 0 Å². The van der Waals surface area contributed by atoms with Crippen molar-refractivity contribution in [3.05, 3.63) is 94.6 Å². The van der Waals surface area contributed by atoms with E-state index in [9.17, 15) is 4.79 Å². The van der Waals surface area contributed by atoms with Gasteiger partial charge in [-0.3, -0.25) is 4.79 Å². The van der Waals surface area contributed by atoms with Gasteiger partial charge in [-0.25, -0.2) is 0 Å². The normalized spacial score (nSPS) is 28.4. The fourth-order valence-electron chi connectivity index (χ4n) is 5.48. The Hall–Kier alpha value is -2.75. The highest BCUT2D eigenvalue weighted by molar-refractivity contribution is 6.28. The number of benzene rings is 2. The quantitative estimate of drug-likeness (QED) is 0.801. The fourth-order valence-corrected chi connectivity index (χ4v) is 5.48. The van der Waals surface area contributed by atoms with E-state index < -0.39 is 5.41 Å². The molecule has 2 aliphatic carbocycles. The van der Waals surface area contributed by atoms with Gasteiger partial charge >= 0.3 is 0 Å². The molecular weight excluding hydrogens is 348 g/mol. The van der Waals surface area contributed by atoms with Crippen molar-refractivity contribution >= 4 is 16.9 Å². The summed E-state index contributed by atoms with van der Waals surface area (Å²) in [6.07, 6.45) is 2.17. The largest absolute Gasteiger partial charge is 0.376 e. The van der Waals surface area contributed by atoms with E-state index in [1.54, 1.807) is 0 Å². The predicted molar refractivity (Wildman–Crippen MR) is 107 cm³/mol. The standard InChI is InChI=1S/C25H20O3/c26-24-20-11-18-12-27-13-19(18)23(17-9-5-2-6-10-17)25(20)15-28-14-21(25)22(24)16-7-3-1-4-8-16/h1-11,20H,12-15H2. The van der Waals surface area contributed by atoms with E-state index in [2.05, 4.69) is 30.3 Å². The van der Waals surface area contributed by atoms with E-state index in [-0.39, 0.29) is 11.7 Å². The Morgan fingerprint density at radius 3 is 2.29 bits per heavy atom. The Morgan fingerprint density at radius 2 is 1.54 bits per heavy atom. The van der Waals surface area contributed by atoms with Crippen LogP contribution in [0.25, 0.3) is 11.1 Å². The number of ether oxygens (including phenoxy) is 2. The average molecular weight is 368 g/mol. The molecule has 2 unspecified atom stereocenters. The highest BCUT2D eigenvalue weighted by Crippen LogP contribution is 2.62. The number of allylic oxidation sites excluding steroid dienone is 2. The molecule has 3 heteroatoms. The van der Waals surface area contributed by atoms with Gasteiger partial charge in [-0.15, -0.1) is 0 Å². The van der Waals surface area contributed by atoms with E-state index in [4.69, 9.17) is 9.47 Å². The molecule has 3 nitrogen and oxygen atoms in total. The lowest BCUT2D eigenvalue weighted by Crippen LogP contribution is -2.36. The van der Waals surface area contributed by atoms with Gasteiger partial charge in [-0.05, 0) is 33.4 Å². The number of carbonyl (C=O) groups excluding carboxylic acids is 1. The van der Waals surface area contributed by atoms with E-state index in [0.29, 0.717) is 26.4 Å². The minimum atomic E-state index is -0.407. The summed E-state index contributed by atoms with van der Waals surface area (Å²) in [6.45, 7) is 2.25. The van der Waals surface area contributed by atoms with Gasteiger partial charge in [0.25, 0.3) is 0 Å². The highest BCUT2D eigenvalue weighted by Gasteiger charge is 2.60. The zero-order valence-corrected chi connectivity index (χ0v) is 15.5. The van der Waals surface area contributed by atoms with Gasteiger partial charge in [0.05, 0.1) is 37.8 Å². The predicted octanol–water partition coefficient (Wildman–Crippen LogP) is 4.08. The van der Waals surface area contributed by atoms with Crippen molar-refractivity contribution in [3.63, 3.8) is 0 Å². The smallest absolute Gasteiger partial charge is 0.171 e. The molecule has 0 aromatic heterocycles. The lowest BCUT2D eigenvalue weighted by atomic mass is 9.62. The van der Waals surface area contributed by atoms with Gasteiger partial charge in [0.1, 0.15) is 0 Å². The Balaban J connectivity index is 1.67. The second kappa shape index (κ2) is 5.87. The number of fused-ring (bicyclic) bond motifs is 1. The van der Waals surface area contributed by atoms with Crippen LogP contribution in [-0.2, 0) is 14.3 Å². The number of hydrogen-bond acceptors (Lipinski definition) is 3. The van der Waals surface area contributed by atoms with E-state index in [0.717, 1.165) is 16.7 Å². The third kappa shape index (κ3) is 1.98. The van der Waals surface area contributed by atoms with Crippen LogP contribution in [0.2, 0.25) is 0 Å². The van der Waals surface area contributed by atoms with Crippen LogP contribution in [0.15, 0.2) is 83.5 Å². The highest BCUT2D eigenvalue weighted by atomic mass is 16.5. The Bertz CT molecular complexity index is 1080. The topological polar surface area (TPSA) is 35.5 Å². The van der Waals surface area contributed by atoms with Crippen LogP contribution in [0.4, 0.5) is 0 Å². The fraction of sp³-hybridized carbons (Fsp3) is 0.240. The average Bonchev–Trinajstić information content (AvgIpc) is 3.42. The van der Waals surface area contributed by atoms with Crippen LogP contribution in [0, 0.1) is 11.3 Å². The van der Waals surface area contributed by atoms with Crippen LogP contribution in [0.1, 0.15) is 11.1 Å². The molecule has 2 aromatic rings. The summed E-state index contributed by atoms with van der Waals surface area (Å²) in [5.74, 6) is 0.00671. The third-order valence-corrected chi connectivity index (χ3v) is 6.61. The molecule has 2 fully saturated rings. The van der Waals surface area contributed by atoms with E-state index in [1.807, 2.05) is 36.4 Å². The second-order valence-corrected chi connectivity index (χ2v) is 7.93. The first-order chi connectivity index (χ1) is 13.8. The molecule has 28 heavy (non-hydrogen) atoms. The molecule has 2 aromatic carbocycles. The van der Waals surface area contributed by atoms with Gasteiger partial charge in [-0.2, -0.15) is 0 Å². The lowest BCUT2D eigenvalue weighted by Gasteiger charge is -2.38. The zero-order valence-electron chi connectivity index (χ0n) is 15.5. The van der Waals surface area contributed by atoms with Crippen molar-refractivity contribution < 1.29 is 14.3 Å². The van der Waals surface area contributed by atoms with Gasteiger partial charge in [0, 0.05) is 5.57 Å². The molecule has 0 bridgehead atoms. The van der Waals surface area contributed by atoms with E-state index >= 15 is 0 Å². The molecule has 6 rings (SSSR count). The molecule has 0 saturated carbocycles. The molecular formula is C25H20O3. The molecule has 2 saturated heterocycles. The van der Waals surface area contributed by atoms with Crippen molar-refractivity contribution in [1.82, 2.24) is 0 Å². The van der Waals surface area contributed by atoms with Crippen molar-refractivity contribution in [2.45, 2.75) is 0 Å². The summed E-state index contributed by atoms with van der Waals surface area (Å²) < 4.78 is 11.9. The molecule has 0 radical (unpaired) electrons. The van der Waals surface area contributed by atoms with Crippen molar-refractivity contribution in [2.24, 2.45) is 11.3 Å². The monoisotopic (exact) mass is 368 g/mol. The molecule has 0 N–H and O–H groups in total. The first kappa shape index (κ1) is 16.2. The maximum absolute atomic E-state index is 13.7. The van der Waals surface area contributed by atoms with Crippen LogP contribution < -0.4 is 0 Å². The van der Waals surface area contributed by atoms with Crippen molar-refractivity contribution in [2.75, 3.05) is 26.4 Å². The van der Waals surface area contributed by atoms with Crippen LogP contribution >= 0.6 is 0 Å². The third-order valence-electron chi connectivity index (χ3n) is 6.61. The Kier molecular flexibility index (Phi) is 3.40. The summed E-state index contributed by atoms with van der Waals surface area (Å²) in [5.41, 5.74) is 7.41. The SMILES string of the molecule is O=C1C(c2ccccc2)=C2COCC23C(c2ccccc2)=C2COCC2=CC13. The number of rotatable bonds is 2. The van der Waals surface area contributed by atoms with Gasteiger partial charge in [0.2, 0.25) is 0 Å². The Labute approximate surface area is 164 Å². The summed E-state index contributed by atoms with van der Waals surface area (Å²) >= 11 is 0. The van der Waals surface area contributed by atoms with Gasteiger partial charge < -0.3 is 9.47 Å². The molecule has 4 aliphatic rings. The molecule has 1 spiro atoms. The zero-order chi connectivity index (χ0) is 18.7. The minimum absolute atomic E-state index is 0.212. The number of hydrogen-bond donors (Lipinski definition) is 0. The molecule has 2 aliphatic heterocycles. The summed E-state index contributed by atoms with van der Waals surface area (Å²) in [6, 6.07) is 20.5. The summed E-state index contributed by atoms with van der Waals surface area (Å²) in [5, 5.41) is 0. The lowest BCUT2D eigenvalue weighted by molar-refractivity contribution is -0.117. The van der Waals surface area contributed by atoms with Crippen molar-refractivity contribution in [1.29, 1.82) is 0 Å². The second-order valence-electron chi connectivity index (χ2n) is 7.93. The number of ketones is 1. The van der Waals surface area contributed by atoms with Crippen LogP contribution in [0.5, 0.6) is 0 Å². The summed E-state index contributed by atoms with van der Waals surface area (Å²) in [4.78, 5) is 13.7. The molecule has 2 heterocycles. The van der Waals surface area contributed by atoms with Gasteiger partial charge in [-0.1, -0.05) is 66.7 Å². The Morgan fingerprint density at radius 1 is 0.821 bits per heavy atom. The van der Waals surface area contributed by atoms with E-state index in [1.165, 1.54) is 22.3 Å². The first-order valence-electron chi connectivity index (χ1n) is 9.79. The first-order valence-corrected chi connectivity index (χ1v) is 9.79. The van der Waals surface area contributed by atoms with Crippen LogP contribution in [-0.4, -0.2) is 32.2 Å². The maximum atomic E-state index is 13.7. The number of carbonyl (C=O) groups is 1. The maximum Gasteiger partial charge on any atom is 0.171 e. The number of Topliss-reactive ketones (excluding diaryl/α,β-unsaturated/α-hetero) is 1. The van der Waals surface area contributed by atoms with Crippen molar-refractivity contribution in [3.8, 4) is 0 Å². The molecule has 138 valence electrons. The molecule has 2 atom stereocenters. The minimum Gasteiger partial charge on any atom is -0.376 e. The molecule has 0 amide bonds. The van der Waals surface area contributed by atoms with Gasteiger partial charge in [0.15, 0.2) is 5.78 Å².